The highest BCUT2D eigenvalue weighted by Crippen LogP contribution is 2.14. The first-order chi connectivity index (χ1) is 7.03. The molecule has 1 unspecified atom stereocenters. The molecule has 0 amide bonds. The van der Waals surface area contributed by atoms with Crippen molar-refractivity contribution in [2.24, 2.45) is 0 Å². The van der Waals surface area contributed by atoms with E-state index in [1.807, 2.05) is 0 Å². The van der Waals surface area contributed by atoms with Crippen LogP contribution in [0.4, 0.5) is 0 Å². The zero-order chi connectivity index (χ0) is 13.0. The molecule has 0 aromatic rings. The van der Waals surface area contributed by atoms with Crippen LogP contribution in [-0.2, 0) is 8.85 Å². The Morgan fingerprint density at radius 2 is 1.38 bits per heavy atom. The minimum atomic E-state index is -1.81. The monoisotopic (exact) mass is 247 g/mol. The highest BCUT2D eigenvalue weighted by Gasteiger charge is 2.27. The fraction of sp³-hybridized carbons (Fsp3) is 1.00. The molecule has 0 aliphatic carbocycles. The molecule has 16 heavy (non-hydrogen) atoms. The third-order valence-electron chi connectivity index (χ3n) is 1.95. The van der Waals surface area contributed by atoms with Gasteiger partial charge in [-0.2, -0.15) is 0 Å². The van der Waals surface area contributed by atoms with Crippen molar-refractivity contribution in [1.82, 2.24) is 4.98 Å². The van der Waals surface area contributed by atoms with Crippen molar-refractivity contribution in [3.63, 3.8) is 0 Å². The van der Waals surface area contributed by atoms with Crippen molar-refractivity contribution >= 4 is 9.45 Å². The number of hydrogen-bond donors (Lipinski definition) is 1. The first-order valence-corrected chi connectivity index (χ1v) is 7.67. The fourth-order valence-corrected chi connectivity index (χ4v) is 3.25. The molecule has 3 nitrogen and oxygen atoms in total. The second-order valence-corrected chi connectivity index (χ2v) is 7.74. The van der Waals surface area contributed by atoms with Crippen molar-refractivity contribution in [1.29, 1.82) is 0 Å². The first-order valence-electron chi connectivity index (χ1n) is 6.15. The molecule has 4 heteroatoms. The third-order valence-corrected chi connectivity index (χ3v) is 4.64. The normalized spacial score (nSPS) is 15.6. The van der Waals surface area contributed by atoms with Gasteiger partial charge in [-0.1, -0.05) is 13.8 Å². The molecule has 0 radical (unpaired) electrons. The molecular formula is C12H29NO2Si. The second kappa shape index (κ2) is 6.14. The van der Waals surface area contributed by atoms with Crippen LogP contribution in [0.5, 0.6) is 0 Å². The first kappa shape index (κ1) is 16.1. The Bertz CT molecular complexity index is 180. The minimum absolute atomic E-state index is 0.150. The van der Waals surface area contributed by atoms with Crippen molar-refractivity contribution in [2.75, 3.05) is 0 Å². The number of nitrogens with one attached hydrogen (secondary N) is 1. The van der Waals surface area contributed by atoms with Crippen LogP contribution in [0.15, 0.2) is 0 Å². The van der Waals surface area contributed by atoms with E-state index >= 15 is 0 Å². The molecule has 0 aliphatic rings. The summed E-state index contributed by atoms with van der Waals surface area (Å²) >= 11 is 0. The third kappa shape index (κ3) is 9.33. The van der Waals surface area contributed by atoms with E-state index in [1.165, 1.54) is 0 Å². The average molecular weight is 247 g/mol. The standard InChI is InChI=1S/C12H29NO2Si/c1-9-10(2)13-16(14-11(3,4)5)15-12(6,7)8/h10,13,16H,9H2,1-8H3. The molecule has 0 aromatic heterocycles. The molecule has 0 fully saturated rings. The van der Waals surface area contributed by atoms with Gasteiger partial charge in [0.25, 0.3) is 0 Å². The van der Waals surface area contributed by atoms with E-state index < -0.39 is 9.45 Å². The molecule has 0 saturated carbocycles. The molecule has 0 saturated heterocycles. The Morgan fingerprint density at radius 1 is 1.00 bits per heavy atom. The zero-order valence-electron chi connectivity index (χ0n) is 12.2. The van der Waals surface area contributed by atoms with E-state index in [9.17, 15) is 0 Å². The van der Waals surface area contributed by atoms with Gasteiger partial charge >= 0.3 is 9.45 Å². The summed E-state index contributed by atoms with van der Waals surface area (Å²) < 4.78 is 12.0. The minimum Gasteiger partial charge on any atom is -0.380 e. The molecule has 0 rings (SSSR count). The van der Waals surface area contributed by atoms with E-state index in [4.69, 9.17) is 8.85 Å². The zero-order valence-corrected chi connectivity index (χ0v) is 13.3. The predicted molar refractivity (Wildman–Crippen MR) is 71.7 cm³/mol. The SMILES string of the molecule is CCC(C)N[SiH](OC(C)(C)C)OC(C)(C)C. The lowest BCUT2D eigenvalue weighted by Crippen LogP contribution is -2.51. The van der Waals surface area contributed by atoms with Crippen molar-refractivity contribution in [3.8, 4) is 0 Å². The van der Waals surface area contributed by atoms with Gasteiger partial charge in [0, 0.05) is 6.04 Å². The van der Waals surface area contributed by atoms with E-state index in [1.54, 1.807) is 0 Å². The predicted octanol–water partition coefficient (Wildman–Crippen LogP) is 2.72. The van der Waals surface area contributed by atoms with Crippen LogP contribution >= 0.6 is 0 Å². The lowest BCUT2D eigenvalue weighted by Gasteiger charge is -2.33. The Morgan fingerprint density at radius 3 is 1.62 bits per heavy atom. The van der Waals surface area contributed by atoms with Gasteiger partial charge in [0.2, 0.25) is 0 Å². The smallest absolute Gasteiger partial charge is 0.380 e. The van der Waals surface area contributed by atoms with Crippen molar-refractivity contribution in [3.05, 3.63) is 0 Å². The fourth-order valence-electron chi connectivity index (χ4n) is 1.08. The van der Waals surface area contributed by atoms with E-state index in [0.29, 0.717) is 6.04 Å². The molecule has 98 valence electrons. The van der Waals surface area contributed by atoms with Gasteiger partial charge < -0.3 is 8.85 Å². The highest BCUT2D eigenvalue weighted by molar-refractivity contribution is 6.41. The maximum Gasteiger partial charge on any atom is 0.409 e. The number of rotatable bonds is 5. The van der Waals surface area contributed by atoms with Crippen LogP contribution in [0, 0.1) is 0 Å². The summed E-state index contributed by atoms with van der Waals surface area (Å²) in [7, 11) is -1.81. The Balaban J connectivity index is 4.39. The van der Waals surface area contributed by atoms with Crippen molar-refractivity contribution in [2.45, 2.75) is 79.1 Å². The van der Waals surface area contributed by atoms with Crippen LogP contribution in [0.2, 0.25) is 0 Å². The van der Waals surface area contributed by atoms with Gasteiger partial charge in [-0.25, -0.2) is 0 Å². The maximum absolute atomic E-state index is 5.99. The second-order valence-electron chi connectivity index (χ2n) is 6.27. The molecular weight excluding hydrogens is 218 g/mol. The summed E-state index contributed by atoms with van der Waals surface area (Å²) in [5.74, 6) is 0. The largest absolute Gasteiger partial charge is 0.409 e. The quantitative estimate of drug-likeness (QED) is 0.758. The van der Waals surface area contributed by atoms with Crippen LogP contribution in [0.1, 0.15) is 61.8 Å². The van der Waals surface area contributed by atoms with Gasteiger partial charge in [0.05, 0.1) is 11.2 Å². The van der Waals surface area contributed by atoms with E-state index in [-0.39, 0.29) is 11.2 Å². The molecule has 0 aromatic carbocycles. The van der Waals surface area contributed by atoms with Crippen LogP contribution < -0.4 is 4.98 Å². The van der Waals surface area contributed by atoms with Gasteiger partial charge in [-0.15, -0.1) is 0 Å². The Hall–Kier alpha value is 0.0969. The van der Waals surface area contributed by atoms with Crippen LogP contribution in [-0.4, -0.2) is 26.7 Å². The number of hydrogen-bond acceptors (Lipinski definition) is 3. The molecule has 0 aliphatic heterocycles. The summed E-state index contributed by atoms with van der Waals surface area (Å²) in [6.07, 6.45) is 1.09. The summed E-state index contributed by atoms with van der Waals surface area (Å²) in [6.45, 7) is 16.7. The lowest BCUT2D eigenvalue weighted by molar-refractivity contribution is 0.0267. The summed E-state index contributed by atoms with van der Waals surface area (Å²) in [5, 5.41) is 0. The Kier molecular flexibility index (Phi) is 6.18. The maximum atomic E-state index is 5.99. The summed E-state index contributed by atoms with van der Waals surface area (Å²) in [4.78, 5) is 3.47. The molecule has 1 atom stereocenters. The summed E-state index contributed by atoms with van der Waals surface area (Å²) in [6, 6.07) is 0.446. The van der Waals surface area contributed by atoms with Crippen molar-refractivity contribution < 1.29 is 8.85 Å². The van der Waals surface area contributed by atoms with Gasteiger partial charge in [0.15, 0.2) is 0 Å². The molecule has 0 bridgehead atoms. The Labute approximate surface area is 103 Å². The van der Waals surface area contributed by atoms with Crippen LogP contribution in [0.25, 0.3) is 0 Å². The molecule has 1 N–H and O–H groups in total. The molecule has 0 spiro atoms. The van der Waals surface area contributed by atoms with Crippen LogP contribution in [0.3, 0.4) is 0 Å². The van der Waals surface area contributed by atoms with E-state index in [0.717, 1.165) is 6.42 Å². The van der Waals surface area contributed by atoms with E-state index in [2.05, 4.69) is 60.4 Å². The lowest BCUT2D eigenvalue weighted by atomic mass is 10.2. The van der Waals surface area contributed by atoms with Gasteiger partial charge in [0.1, 0.15) is 0 Å². The highest BCUT2D eigenvalue weighted by atomic mass is 28.3. The summed E-state index contributed by atoms with van der Waals surface area (Å²) in [5.41, 5.74) is -0.300. The van der Waals surface area contributed by atoms with Gasteiger partial charge in [-0.3, -0.25) is 4.98 Å². The molecule has 0 heterocycles. The topological polar surface area (TPSA) is 30.5 Å². The average Bonchev–Trinajstić information content (AvgIpc) is 1.97. The van der Waals surface area contributed by atoms with Gasteiger partial charge in [-0.05, 0) is 48.0 Å².